The van der Waals surface area contributed by atoms with Gasteiger partial charge in [-0.15, -0.1) is 0 Å². The van der Waals surface area contributed by atoms with Gasteiger partial charge in [0, 0.05) is 0 Å². The lowest BCUT2D eigenvalue weighted by Gasteiger charge is -2.37. The molecule has 1 aliphatic heterocycles. The summed E-state index contributed by atoms with van der Waals surface area (Å²) in [6.07, 6.45) is 0. The van der Waals surface area contributed by atoms with Crippen molar-refractivity contribution in [3.63, 3.8) is 0 Å². The highest BCUT2D eigenvalue weighted by atomic mass is 29.2. The fourth-order valence-corrected chi connectivity index (χ4v) is 20.7. The number of hydrogen-bond acceptors (Lipinski definition) is 4. The molecular weight excluding hydrogens is 252 g/mol. The van der Waals surface area contributed by atoms with Crippen molar-refractivity contribution in [2.75, 3.05) is 0 Å². The second-order valence-electron chi connectivity index (χ2n) is 4.02. The summed E-state index contributed by atoms with van der Waals surface area (Å²) in [6.45, 7) is 8.30. The molecule has 1 atom stereocenters. The fraction of sp³-hybridized carbons (Fsp3) is 1.00. The van der Waals surface area contributed by atoms with E-state index in [-0.39, 0.29) is 0 Å². The van der Waals surface area contributed by atoms with Crippen LogP contribution in [0.2, 0.25) is 26.2 Å². The molecule has 0 spiro atoms. The first kappa shape index (κ1) is 12.0. The summed E-state index contributed by atoms with van der Waals surface area (Å²) < 4.78 is 23.2. The second kappa shape index (κ2) is 4.20. The van der Waals surface area contributed by atoms with Gasteiger partial charge < -0.3 is 16.5 Å². The molecule has 0 aromatic heterocycles. The highest BCUT2D eigenvalue weighted by Gasteiger charge is 2.39. The molecular formula is C4H18O4Si5. The summed E-state index contributed by atoms with van der Waals surface area (Å²) >= 11 is 0. The molecule has 1 fully saturated rings. The van der Waals surface area contributed by atoms with Gasteiger partial charge in [0.25, 0.3) is 18.8 Å². The highest BCUT2D eigenvalue weighted by molar-refractivity contribution is 7.01. The van der Waals surface area contributed by atoms with Crippen molar-refractivity contribution in [3.8, 4) is 0 Å². The number of rotatable bonds is 0. The van der Waals surface area contributed by atoms with Gasteiger partial charge in [-0.25, -0.2) is 0 Å². The topological polar surface area (TPSA) is 36.9 Å². The van der Waals surface area contributed by atoms with E-state index in [1.54, 1.807) is 0 Å². The third-order valence-electron chi connectivity index (χ3n) is 1.65. The zero-order chi connectivity index (χ0) is 10.1. The molecule has 1 unspecified atom stereocenters. The van der Waals surface area contributed by atoms with E-state index >= 15 is 0 Å². The largest absolute Gasteiger partial charge is 0.426 e. The summed E-state index contributed by atoms with van der Waals surface area (Å²) in [7, 11) is -4.98. The minimum absolute atomic E-state index is 0.818. The Morgan fingerprint density at radius 3 is 2.38 bits per heavy atom. The Labute approximate surface area is 88.5 Å². The van der Waals surface area contributed by atoms with E-state index in [0.29, 0.717) is 0 Å². The van der Waals surface area contributed by atoms with Crippen LogP contribution in [0.1, 0.15) is 0 Å². The molecule has 1 saturated heterocycles. The van der Waals surface area contributed by atoms with Crippen LogP contribution in [0, 0.1) is 0 Å². The van der Waals surface area contributed by atoms with Crippen LogP contribution in [0.5, 0.6) is 0 Å². The molecule has 0 bridgehead atoms. The van der Waals surface area contributed by atoms with Gasteiger partial charge in [0.2, 0.25) is 0 Å². The van der Waals surface area contributed by atoms with Crippen molar-refractivity contribution in [1.29, 1.82) is 0 Å². The van der Waals surface area contributed by atoms with E-state index < -0.39 is 35.9 Å². The average molecular weight is 271 g/mol. The molecule has 1 heterocycles. The van der Waals surface area contributed by atoms with Gasteiger partial charge >= 0.3 is 17.1 Å². The van der Waals surface area contributed by atoms with E-state index in [1.165, 1.54) is 0 Å². The van der Waals surface area contributed by atoms with Crippen LogP contribution in [-0.2, 0) is 16.5 Å². The molecule has 4 nitrogen and oxygen atoms in total. The molecule has 0 aromatic carbocycles. The van der Waals surface area contributed by atoms with Gasteiger partial charge in [0.15, 0.2) is 0 Å². The summed E-state index contributed by atoms with van der Waals surface area (Å²) in [6, 6.07) is 0. The summed E-state index contributed by atoms with van der Waals surface area (Å²) in [5.74, 6) is 0. The SMILES string of the molecule is C[Si]1(C)O[SiH2]O[SiH]([SiH3])O[Si](C)(C)O1. The van der Waals surface area contributed by atoms with Crippen molar-refractivity contribution < 1.29 is 16.5 Å². The monoisotopic (exact) mass is 270 g/mol. The minimum Gasteiger partial charge on any atom is -0.426 e. The van der Waals surface area contributed by atoms with Crippen LogP contribution >= 0.6 is 0 Å². The first-order valence-electron chi connectivity index (χ1n) is 4.44. The normalized spacial score (nSPS) is 35.5. The predicted octanol–water partition coefficient (Wildman–Crippen LogP) is -1.45. The molecule has 78 valence electrons. The van der Waals surface area contributed by atoms with Crippen LogP contribution < -0.4 is 0 Å². The predicted molar refractivity (Wildman–Crippen MR) is 64.9 cm³/mol. The maximum Gasteiger partial charge on any atom is 0.313 e. The van der Waals surface area contributed by atoms with Gasteiger partial charge in [-0.2, -0.15) is 0 Å². The summed E-state index contributed by atoms with van der Waals surface area (Å²) in [4.78, 5) is 0. The molecule has 0 aromatic rings. The Balaban J connectivity index is 2.65. The van der Waals surface area contributed by atoms with Gasteiger partial charge in [-0.05, 0) is 26.2 Å². The Kier molecular flexibility index (Phi) is 3.87. The standard InChI is InChI=1S/C4H18O4Si5/c1-12(2)6-10-5-11(9)7-13(3,4)8-12/h11H,10H2,1-4,9H3. The average Bonchev–Trinajstić information content (AvgIpc) is 1.78. The van der Waals surface area contributed by atoms with Gasteiger partial charge in [-0.1, -0.05) is 0 Å². The molecule has 9 heteroatoms. The lowest BCUT2D eigenvalue weighted by atomic mass is 11.9. The zero-order valence-corrected chi connectivity index (χ0v) is 15.5. The Bertz CT molecular complexity index is 185. The van der Waals surface area contributed by atoms with Crippen molar-refractivity contribution >= 4 is 45.7 Å². The zero-order valence-electron chi connectivity index (χ0n) is 8.92. The third kappa shape index (κ3) is 4.31. The van der Waals surface area contributed by atoms with Crippen LogP contribution in [0.15, 0.2) is 0 Å². The van der Waals surface area contributed by atoms with Crippen LogP contribution in [-0.4, -0.2) is 45.7 Å². The van der Waals surface area contributed by atoms with Gasteiger partial charge in [0.05, 0.1) is 9.76 Å². The Morgan fingerprint density at radius 1 is 1.15 bits per heavy atom. The first-order chi connectivity index (χ1) is 5.81. The molecule has 0 N–H and O–H groups in total. The van der Waals surface area contributed by atoms with E-state index in [1.807, 2.05) is 0 Å². The smallest absolute Gasteiger partial charge is 0.313 e. The molecule has 0 amide bonds. The minimum atomic E-state index is -1.94. The van der Waals surface area contributed by atoms with Crippen molar-refractivity contribution in [2.24, 2.45) is 0 Å². The fourth-order valence-electron chi connectivity index (χ4n) is 1.35. The Hall–Kier alpha value is 0.924. The molecule has 0 aliphatic carbocycles. The van der Waals surface area contributed by atoms with Crippen molar-refractivity contribution in [2.45, 2.75) is 26.2 Å². The number of hydrogen-bond donors (Lipinski definition) is 0. The van der Waals surface area contributed by atoms with Crippen LogP contribution in [0.4, 0.5) is 0 Å². The summed E-state index contributed by atoms with van der Waals surface area (Å²) in [5, 5.41) is 0. The quantitative estimate of drug-likeness (QED) is 0.505. The van der Waals surface area contributed by atoms with E-state index in [9.17, 15) is 0 Å². The maximum atomic E-state index is 5.98. The molecule has 0 radical (unpaired) electrons. The van der Waals surface area contributed by atoms with E-state index in [4.69, 9.17) is 16.5 Å². The highest BCUT2D eigenvalue weighted by Crippen LogP contribution is 2.18. The van der Waals surface area contributed by atoms with Gasteiger partial charge in [-0.3, -0.25) is 0 Å². The van der Waals surface area contributed by atoms with Crippen molar-refractivity contribution in [3.05, 3.63) is 0 Å². The maximum absolute atomic E-state index is 5.98. The molecule has 1 aliphatic rings. The van der Waals surface area contributed by atoms with Crippen LogP contribution in [0.25, 0.3) is 0 Å². The lowest BCUT2D eigenvalue weighted by Crippen LogP contribution is -2.55. The van der Waals surface area contributed by atoms with E-state index in [2.05, 4.69) is 26.2 Å². The third-order valence-corrected chi connectivity index (χ3v) is 20.0. The van der Waals surface area contributed by atoms with E-state index in [0.717, 1.165) is 9.76 Å². The second-order valence-corrected chi connectivity index (χ2v) is 18.1. The first-order valence-corrected chi connectivity index (χ1v) is 16.8. The lowest BCUT2D eigenvalue weighted by molar-refractivity contribution is 0.281. The summed E-state index contributed by atoms with van der Waals surface area (Å²) in [5.41, 5.74) is 0. The van der Waals surface area contributed by atoms with Gasteiger partial charge in [0.1, 0.15) is 0 Å². The van der Waals surface area contributed by atoms with Crippen molar-refractivity contribution in [1.82, 2.24) is 0 Å². The molecule has 0 saturated carbocycles. The van der Waals surface area contributed by atoms with Crippen LogP contribution in [0.3, 0.4) is 0 Å². The Morgan fingerprint density at radius 2 is 1.77 bits per heavy atom. The molecule has 13 heavy (non-hydrogen) atoms. The molecule has 1 rings (SSSR count).